The molecule has 0 heterocycles. The Kier molecular flexibility index (Phi) is 3.98. The number of nitrogens with one attached hydrogen (secondary N) is 1. The van der Waals surface area contributed by atoms with Gasteiger partial charge >= 0.3 is 0 Å². The molecule has 16 heavy (non-hydrogen) atoms. The van der Waals surface area contributed by atoms with E-state index in [0.29, 0.717) is 12.6 Å². The average Bonchev–Trinajstić information content (AvgIpc) is 2.74. The van der Waals surface area contributed by atoms with Gasteiger partial charge in [-0.25, -0.2) is 4.39 Å². The highest BCUT2D eigenvalue weighted by Crippen LogP contribution is 2.22. The van der Waals surface area contributed by atoms with E-state index in [2.05, 4.69) is 21.2 Å². The maximum atomic E-state index is 13.6. The Balaban J connectivity index is 2.00. The van der Waals surface area contributed by atoms with Gasteiger partial charge in [0.05, 0.1) is 0 Å². The van der Waals surface area contributed by atoms with Crippen molar-refractivity contribution >= 4 is 15.9 Å². The zero-order chi connectivity index (χ0) is 11.5. The predicted molar refractivity (Wildman–Crippen MR) is 67.9 cm³/mol. The lowest BCUT2D eigenvalue weighted by molar-refractivity contribution is 0.508. The lowest BCUT2D eigenvalue weighted by Gasteiger charge is -2.13. The molecular formula is C13H17BrFN. The molecule has 88 valence electrons. The smallest absolute Gasteiger partial charge is 0.128 e. The van der Waals surface area contributed by atoms with Crippen molar-refractivity contribution in [3.63, 3.8) is 0 Å². The molecule has 1 N–H and O–H groups in total. The zero-order valence-corrected chi connectivity index (χ0v) is 11.1. The Bertz CT molecular complexity index is 372. The summed E-state index contributed by atoms with van der Waals surface area (Å²) in [5.41, 5.74) is 1.86. The first kappa shape index (κ1) is 12.1. The lowest BCUT2D eigenvalue weighted by Crippen LogP contribution is -2.25. The van der Waals surface area contributed by atoms with E-state index in [9.17, 15) is 4.39 Å². The molecule has 0 aliphatic heterocycles. The van der Waals surface area contributed by atoms with Gasteiger partial charge in [0.1, 0.15) is 5.82 Å². The number of halogens is 2. The van der Waals surface area contributed by atoms with Gasteiger partial charge in [0.25, 0.3) is 0 Å². The van der Waals surface area contributed by atoms with Crippen molar-refractivity contribution < 1.29 is 4.39 Å². The van der Waals surface area contributed by atoms with Crippen LogP contribution in [0, 0.1) is 12.7 Å². The molecule has 0 spiro atoms. The van der Waals surface area contributed by atoms with Crippen LogP contribution in [-0.4, -0.2) is 6.04 Å². The number of aryl methyl sites for hydroxylation is 1. The number of benzene rings is 1. The van der Waals surface area contributed by atoms with Crippen LogP contribution in [0.3, 0.4) is 0 Å². The maximum absolute atomic E-state index is 13.6. The maximum Gasteiger partial charge on any atom is 0.128 e. The second kappa shape index (κ2) is 5.28. The quantitative estimate of drug-likeness (QED) is 0.887. The molecule has 0 saturated heterocycles. The average molecular weight is 286 g/mol. The summed E-state index contributed by atoms with van der Waals surface area (Å²) in [6, 6.07) is 4.06. The molecule has 2 rings (SSSR count). The summed E-state index contributed by atoms with van der Waals surface area (Å²) in [6.45, 7) is 2.63. The minimum Gasteiger partial charge on any atom is -0.310 e. The first-order valence-corrected chi connectivity index (χ1v) is 6.64. The molecule has 1 nitrogen and oxygen atoms in total. The van der Waals surface area contributed by atoms with E-state index in [4.69, 9.17) is 0 Å². The highest BCUT2D eigenvalue weighted by molar-refractivity contribution is 9.10. The molecule has 1 aliphatic carbocycles. The summed E-state index contributed by atoms with van der Waals surface area (Å²) in [5.74, 6) is -0.122. The van der Waals surface area contributed by atoms with Crippen molar-refractivity contribution in [1.82, 2.24) is 5.32 Å². The molecule has 0 radical (unpaired) electrons. The molecule has 1 saturated carbocycles. The van der Waals surface area contributed by atoms with Crippen molar-refractivity contribution in [2.75, 3.05) is 0 Å². The van der Waals surface area contributed by atoms with E-state index >= 15 is 0 Å². The van der Waals surface area contributed by atoms with Crippen molar-refractivity contribution in [3.05, 3.63) is 33.5 Å². The second-order valence-electron chi connectivity index (χ2n) is 4.56. The van der Waals surface area contributed by atoms with E-state index in [-0.39, 0.29) is 5.82 Å². The third kappa shape index (κ3) is 2.83. The van der Waals surface area contributed by atoms with Crippen LogP contribution in [0.4, 0.5) is 4.39 Å². The Morgan fingerprint density at radius 2 is 2.06 bits per heavy atom. The summed E-state index contributed by atoms with van der Waals surface area (Å²) in [6.07, 6.45) is 5.08. The van der Waals surface area contributed by atoms with Gasteiger partial charge in [-0.15, -0.1) is 0 Å². The van der Waals surface area contributed by atoms with E-state index in [1.165, 1.54) is 25.7 Å². The minimum absolute atomic E-state index is 0.122. The molecule has 0 bridgehead atoms. The van der Waals surface area contributed by atoms with Crippen LogP contribution < -0.4 is 5.32 Å². The summed E-state index contributed by atoms with van der Waals surface area (Å²) in [4.78, 5) is 0. The van der Waals surface area contributed by atoms with E-state index in [0.717, 1.165) is 15.6 Å². The lowest BCUT2D eigenvalue weighted by atomic mass is 10.1. The van der Waals surface area contributed by atoms with E-state index < -0.39 is 0 Å². The summed E-state index contributed by atoms with van der Waals surface area (Å²) >= 11 is 3.34. The van der Waals surface area contributed by atoms with Gasteiger partial charge in [0.15, 0.2) is 0 Å². The van der Waals surface area contributed by atoms with Crippen LogP contribution in [0.2, 0.25) is 0 Å². The monoisotopic (exact) mass is 285 g/mol. The van der Waals surface area contributed by atoms with Crippen molar-refractivity contribution in [2.45, 2.75) is 45.2 Å². The van der Waals surface area contributed by atoms with Crippen LogP contribution in [0.5, 0.6) is 0 Å². The standard InChI is InChI=1S/C13H17BrFN/c1-9-6-10(13(15)7-12(9)14)8-16-11-4-2-3-5-11/h6-7,11,16H,2-5,8H2,1H3. The molecule has 0 amide bonds. The van der Waals surface area contributed by atoms with Gasteiger partial charge in [-0.1, -0.05) is 34.8 Å². The fourth-order valence-corrected chi connectivity index (χ4v) is 2.55. The molecule has 3 heteroatoms. The third-order valence-corrected chi connectivity index (χ3v) is 4.12. The third-order valence-electron chi connectivity index (χ3n) is 3.26. The van der Waals surface area contributed by atoms with Crippen LogP contribution in [0.25, 0.3) is 0 Å². The molecule has 1 aliphatic rings. The van der Waals surface area contributed by atoms with Crippen LogP contribution in [0.1, 0.15) is 36.8 Å². The van der Waals surface area contributed by atoms with E-state index in [1.54, 1.807) is 6.07 Å². The highest BCUT2D eigenvalue weighted by Gasteiger charge is 2.15. The molecule has 1 fully saturated rings. The zero-order valence-electron chi connectivity index (χ0n) is 9.52. The summed E-state index contributed by atoms with van der Waals surface area (Å²) in [7, 11) is 0. The molecular weight excluding hydrogens is 269 g/mol. The van der Waals surface area contributed by atoms with Gasteiger partial charge < -0.3 is 5.32 Å². The van der Waals surface area contributed by atoms with Crippen LogP contribution in [-0.2, 0) is 6.54 Å². The number of hydrogen-bond donors (Lipinski definition) is 1. The Hall–Kier alpha value is -0.410. The Morgan fingerprint density at radius 1 is 1.38 bits per heavy atom. The SMILES string of the molecule is Cc1cc(CNC2CCCC2)c(F)cc1Br. The van der Waals surface area contributed by atoms with Crippen LogP contribution >= 0.6 is 15.9 Å². The largest absolute Gasteiger partial charge is 0.310 e. The predicted octanol–water partition coefficient (Wildman–Crippen LogP) is 3.93. The van der Waals surface area contributed by atoms with Crippen LogP contribution in [0.15, 0.2) is 16.6 Å². The minimum atomic E-state index is -0.122. The first-order chi connectivity index (χ1) is 7.66. The topological polar surface area (TPSA) is 12.0 Å². The molecule has 1 aromatic rings. The fraction of sp³-hybridized carbons (Fsp3) is 0.538. The normalized spacial score (nSPS) is 16.9. The molecule has 0 aromatic heterocycles. The fourth-order valence-electron chi connectivity index (χ4n) is 2.24. The van der Waals surface area contributed by atoms with Crippen molar-refractivity contribution in [2.24, 2.45) is 0 Å². The van der Waals surface area contributed by atoms with Gasteiger partial charge in [-0.05, 0) is 31.4 Å². The summed E-state index contributed by atoms with van der Waals surface area (Å²) in [5, 5.41) is 3.43. The van der Waals surface area contributed by atoms with Gasteiger partial charge in [0, 0.05) is 22.6 Å². The van der Waals surface area contributed by atoms with Crippen molar-refractivity contribution in [1.29, 1.82) is 0 Å². The van der Waals surface area contributed by atoms with Crippen molar-refractivity contribution in [3.8, 4) is 0 Å². The molecule has 0 atom stereocenters. The van der Waals surface area contributed by atoms with Gasteiger partial charge in [-0.2, -0.15) is 0 Å². The van der Waals surface area contributed by atoms with Gasteiger partial charge in [0.2, 0.25) is 0 Å². The number of rotatable bonds is 3. The summed E-state index contributed by atoms with van der Waals surface area (Å²) < 4.78 is 14.5. The van der Waals surface area contributed by atoms with Gasteiger partial charge in [-0.3, -0.25) is 0 Å². The molecule has 1 aromatic carbocycles. The highest BCUT2D eigenvalue weighted by atomic mass is 79.9. The second-order valence-corrected chi connectivity index (χ2v) is 5.41. The first-order valence-electron chi connectivity index (χ1n) is 5.84. The number of hydrogen-bond acceptors (Lipinski definition) is 1. The molecule has 0 unspecified atom stereocenters. The van der Waals surface area contributed by atoms with E-state index in [1.807, 2.05) is 13.0 Å². The Morgan fingerprint density at radius 3 is 2.75 bits per heavy atom. The Labute approximate surface area is 105 Å².